The fourth-order valence-corrected chi connectivity index (χ4v) is 2.26. The first-order valence-electron chi connectivity index (χ1n) is 5.98. The predicted octanol–water partition coefficient (Wildman–Crippen LogP) is 3.01. The van der Waals surface area contributed by atoms with E-state index in [-0.39, 0.29) is 0 Å². The van der Waals surface area contributed by atoms with Crippen molar-refractivity contribution >= 4 is 32.9 Å². The van der Waals surface area contributed by atoms with Crippen LogP contribution in [0.15, 0.2) is 41.4 Å². The Morgan fingerprint density at radius 1 is 1.32 bits per heavy atom. The van der Waals surface area contributed by atoms with Crippen molar-refractivity contribution in [2.24, 2.45) is 0 Å². The summed E-state index contributed by atoms with van der Waals surface area (Å²) >= 11 is 3.38. The molecule has 0 radical (unpaired) electrons. The smallest absolute Gasteiger partial charge is 0.224 e. The minimum atomic E-state index is 0.642. The normalized spacial score (nSPS) is 10.8. The number of halogens is 1. The van der Waals surface area contributed by atoms with Crippen LogP contribution < -0.4 is 5.32 Å². The first kappa shape index (κ1) is 12.1. The highest BCUT2D eigenvalue weighted by atomic mass is 79.9. The Morgan fingerprint density at radius 3 is 3.00 bits per heavy atom. The summed E-state index contributed by atoms with van der Waals surface area (Å²) in [6.45, 7) is 2.82. The van der Waals surface area contributed by atoms with Crippen LogP contribution in [0.1, 0.15) is 6.92 Å². The molecule has 0 saturated heterocycles. The third-order valence-electron chi connectivity index (χ3n) is 2.75. The average molecular weight is 318 g/mol. The maximum Gasteiger partial charge on any atom is 0.224 e. The van der Waals surface area contributed by atoms with Crippen LogP contribution in [0.4, 0.5) is 5.95 Å². The van der Waals surface area contributed by atoms with E-state index in [0.29, 0.717) is 5.95 Å². The highest BCUT2D eigenvalue weighted by Gasteiger charge is 2.07. The summed E-state index contributed by atoms with van der Waals surface area (Å²) in [5, 5.41) is 4.13. The first-order valence-corrected chi connectivity index (χ1v) is 6.77. The molecule has 96 valence electrons. The van der Waals surface area contributed by atoms with Crippen molar-refractivity contribution in [1.82, 2.24) is 19.5 Å². The van der Waals surface area contributed by atoms with Gasteiger partial charge in [-0.1, -0.05) is 0 Å². The maximum atomic E-state index is 4.54. The summed E-state index contributed by atoms with van der Waals surface area (Å²) in [5.74, 6) is 0.642. The monoisotopic (exact) mass is 317 g/mol. The Hall–Kier alpha value is -1.95. The molecule has 0 aromatic carbocycles. The second-order valence-electron chi connectivity index (χ2n) is 4.03. The van der Waals surface area contributed by atoms with E-state index in [1.807, 2.05) is 42.1 Å². The summed E-state index contributed by atoms with van der Waals surface area (Å²) < 4.78 is 2.82. The summed E-state index contributed by atoms with van der Waals surface area (Å²) in [6, 6.07) is 5.90. The van der Waals surface area contributed by atoms with E-state index in [1.165, 1.54) is 0 Å². The Bertz CT molecular complexity index is 722. The second kappa shape index (κ2) is 4.97. The lowest BCUT2D eigenvalue weighted by atomic mass is 10.4. The molecule has 5 nitrogen and oxygen atoms in total. The van der Waals surface area contributed by atoms with Crippen LogP contribution >= 0.6 is 15.9 Å². The molecule has 6 heteroatoms. The molecule has 0 aliphatic heterocycles. The number of fused-ring (bicyclic) bond motifs is 1. The van der Waals surface area contributed by atoms with Gasteiger partial charge >= 0.3 is 0 Å². The molecule has 3 aromatic rings. The molecule has 0 aliphatic rings. The first-order chi connectivity index (χ1) is 9.28. The number of aromatic nitrogens is 4. The van der Waals surface area contributed by atoms with Gasteiger partial charge in [0.25, 0.3) is 0 Å². The van der Waals surface area contributed by atoms with Crippen molar-refractivity contribution in [3.05, 3.63) is 41.4 Å². The van der Waals surface area contributed by atoms with Crippen molar-refractivity contribution in [1.29, 1.82) is 0 Å². The topological polar surface area (TPSA) is 55.6 Å². The zero-order valence-corrected chi connectivity index (χ0v) is 11.9. The predicted molar refractivity (Wildman–Crippen MR) is 78.5 cm³/mol. The lowest BCUT2D eigenvalue weighted by molar-refractivity contribution is 1.05. The van der Waals surface area contributed by atoms with Gasteiger partial charge in [-0.25, -0.2) is 9.97 Å². The summed E-state index contributed by atoms with van der Waals surface area (Å²) in [5.41, 5.74) is 1.89. The molecule has 19 heavy (non-hydrogen) atoms. The van der Waals surface area contributed by atoms with Gasteiger partial charge in [-0.2, -0.15) is 4.98 Å². The molecule has 0 aliphatic carbocycles. The van der Waals surface area contributed by atoms with E-state index >= 15 is 0 Å². The number of anilines is 1. The average Bonchev–Trinajstić information content (AvgIpc) is 2.82. The molecule has 0 fully saturated rings. The zero-order valence-electron chi connectivity index (χ0n) is 10.3. The molecule has 3 rings (SSSR count). The van der Waals surface area contributed by atoms with Gasteiger partial charge in [0.2, 0.25) is 5.95 Å². The van der Waals surface area contributed by atoms with E-state index in [9.17, 15) is 0 Å². The molecule has 0 saturated carbocycles. The number of nitrogens with one attached hydrogen (secondary N) is 1. The van der Waals surface area contributed by atoms with Gasteiger partial charge in [0, 0.05) is 30.5 Å². The Labute approximate surface area is 118 Å². The molecule has 3 heterocycles. The minimum Gasteiger partial charge on any atom is -0.354 e. The van der Waals surface area contributed by atoms with Gasteiger partial charge in [-0.3, -0.25) is 0 Å². The molecule has 1 N–H and O–H groups in total. The molecular weight excluding hydrogens is 306 g/mol. The van der Waals surface area contributed by atoms with Crippen LogP contribution in [0.5, 0.6) is 0 Å². The number of nitrogens with zero attached hydrogens (tertiary/aromatic N) is 4. The molecule has 0 bridgehead atoms. The summed E-state index contributed by atoms with van der Waals surface area (Å²) in [4.78, 5) is 12.9. The zero-order chi connectivity index (χ0) is 13.2. The Kier molecular flexibility index (Phi) is 3.16. The largest absolute Gasteiger partial charge is 0.354 e. The third kappa shape index (κ3) is 2.31. The van der Waals surface area contributed by atoms with Gasteiger partial charge in [-0.15, -0.1) is 0 Å². The fraction of sp³-hybridized carbons (Fsp3) is 0.154. The minimum absolute atomic E-state index is 0.642. The maximum absolute atomic E-state index is 4.54. The SMILES string of the molecule is CCNc1ncc2ccn(-c3ccnc(Br)c3)c2n1. The lowest BCUT2D eigenvalue weighted by Gasteiger charge is -2.06. The van der Waals surface area contributed by atoms with Crippen molar-refractivity contribution in [2.45, 2.75) is 6.92 Å². The summed E-state index contributed by atoms with van der Waals surface area (Å²) in [6.07, 6.45) is 5.57. The number of pyridine rings is 1. The second-order valence-corrected chi connectivity index (χ2v) is 4.84. The van der Waals surface area contributed by atoms with Crippen LogP contribution in [0.3, 0.4) is 0 Å². The van der Waals surface area contributed by atoms with Crippen LogP contribution in [0.25, 0.3) is 16.7 Å². The number of hydrogen-bond donors (Lipinski definition) is 1. The van der Waals surface area contributed by atoms with Crippen molar-refractivity contribution in [2.75, 3.05) is 11.9 Å². The van der Waals surface area contributed by atoms with E-state index < -0.39 is 0 Å². The van der Waals surface area contributed by atoms with E-state index in [1.54, 1.807) is 6.20 Å². The van der Waals surface area contributed by atoms with E-state index in [4.69, 9.17) is 0 Å². The van der Waals surface area contributed by atoms with Crippen molar-refractivity contribution in [3.8, 4) is 5.69 Å². The highest BCUT2D eigenvalue weighted by Crippen LogP contribution is 2.20. The van der Waals surface area contributed by atoms with Gasteiger partial charge in [0.05, 0.1) is 5.69 Å². The fourth-order valence-electron chi connectivity index (χ4n) is 1.91. The lowest BCUT2D eigenvalue weighted by Crippen LogP contribution is -2.03. The molecule has 0 amide bonds. The molecule has 0 atom stereocenters. The highest BCUT2D eigenvalue weighted by molar-refractivity contribution is 9.10. The van der Waals surface area contributed by atoms with Crippen molar-refractivity contribution < 1.29 is 0 Å². The van der Waals surface area contributed by atoms with Gasteiger partial charge < -0.3 is 9.88 Å². The quantitative estimate of drug-likeness (QED) is 0.754. The molecule has 3 aromatic heterocycles. The van der Waals surface area contributed by atoms with Crippen LogP contribution in [0.2, 0.25) is 0 Å². The number of rotatable bonds is 3. The van der Waals surface area contributed by atoms with Crippen molar-refractivity contribution in [3.63, 3.8) is 0 Å². The van der Waals surface area contributed by atoms with Crippen LogP contribution in [0, 0.1) is 0 Å². The number of hydrogen-bond acceptors (Lipinski definition) is 4. The molecular formula is C13H12BrN5. The van der Waals surface area contributed by atoms with Gasteiger partial charge in [0.1, 0.15) is 10.3 Å². The van der Waals surface area contributed by atoms with E-state index in [2.05, 4.69) is 36.2 Å². The van der Waals surface area contributed by atoms with Crippen LogP contribution in [-0.2, 0) is 0 Å². The third-order valence-corrected chi connectivity index (χ3v) is 3.18. The van der Waals surface area contributed by atoms with E-state index in [0.717, 1.165) is 27.9 Å². The van der Waals surface area contributed by atoms with Gasteiger partial charge in [0.15, 0.2) is 0 Å². The standard InChI is InChI=1S/C13H12BrN5/c1-2-15-13-17-8-9-4-6-19(12(9)18-13)10-3-5-16-11(14)7-10/h3-8H,2H2,1H3,(H,15,17,18). The summed E-state index contributed by atoms with van der Waals surface area (Å²) in [7, 11) is 0. The van der Waals surface area contributed by atoms with Crippen LogP contribution in [-0.4, -0.2) is 26.1 Å². The van der Waals surface area contributed by atoms with Gasteiger partial charge in [-0.05, 0) is 41.1 Å². The molecule has 0 unspecified atom stereocenters. The Balaban J connectivity index is 2.15. The Morgan fingerprint density at radius 2 is 2.21 bits per heavy atom. The molecule has 0 spiro atoms.